The molecule has 92 valence electrons. The van der Waals surface area contributed by atoms with E-state index in [1.165, 1.54) is 11.1 Å². The van der Waals surface area contributed by atoms with Crippen LogP contribution in [-0.2, 0) is 0 Å². The number of rotatable bonds is 2. The molecular weight excluding hydrogens is 180 g/mol. The van der Waals surface area contributed by atoms with Crippen LogP contribution in [0, 0.1) is 0 Å². The maximum Gasteiger partial charge on any atom is -0.0395 e. The predicted octanol–water partition coefficient (Wildman–Crippen LogP) is 6.16. The van der Waals surface area contributed by atoms with Crippen LogP contribution in [0.5, 0.6) is 0 Å². The van der Waals surface area contributed by atoms with Crippen LogP contribution in [-0.4, -0.2) is 0 Å². The highest BCUT2D eigenvalue weighted by molar-refractivity contribution is 5.31. The number of hydrogen-bond acceptors (Lipinski definition) is 0. The largest absolute Gasteiger partial charge is 0.0958 e. The zero-order valence-electron chi connectivity index (χ0n) is 11.4. The molecule has 0 spiro atoms. The average molecular weight is 212 g/mol. The second kappa shape index (κ2) is 18.9. The first kappa shape index (κ1) is 23.8. The molecule has 0 heterocycles. The van der Waals surface area contributed by atoms with Gasteiger partial charge < -0.3 is 0 Å². The van der Waals surface area contributed by atoms with E-state index in [4.69, 9.17) is 0 Å². The van der Waals surface area contributed by atoms with E-state index in [2.05, 4.69) is 32.6 Å². The lowest BCUT2D eigenvalue weighted by Crippen LogP contribution is -1.77. The molecule has 0 aliphatic rings. The van der Waals surface area contributed by atoms with Crippen LogP contribution >= 0.6 is 0 Å². The third-order valence-electron chi connectivity index (χ3n) is 1.57. The molecule has 0 aromatic rings. The van der Waals surface area contributed by atoms with Crippen molar-refractivity contribution >= 4 is 0 Å². The molecule has 0 fully saturated rings. The third-order valence-corrected chi connectivity index (χ3v) is 1.57. The van der Waals surface area contributed by atoms with Gasteiger partial charge in [0.15, 0.2) is 0 Å². The second-order valence-electron chi connectivity index (χ2n) is 2.64. The van der Waals surface area contributed by atoms with Gasteiger partial charge in [-0.1, -0.05) is 65.0 Å². The van der Waals surface area contributed by atoms with Crippen LogP contribution in [0.15, 0.2) is 35.5 Å². The summed E-state index contributed by atoms with van der Waals surface area (Å²) in [5.41, 5.74) is 3.69. The highest BCUT2D eigenvalue weighted by Gasteiger charge is 1.87. The zero-order chi connectivity index (χ0) is 12.1. The van der Waals surface area contributed by atoms with E-state index in [9.17, 15) is 0 Å². The van der Waals surface area contributed by atoms with Crippen molar-refractivity contribution in [1.29, 1.82) is 0 Å². The fourth-order valence-electron chi connectivity index (χ4n) is 0.548. The van der Waals surface area contributed by atoms with Crippen molar-refractivity contribution in [2.75, 3.05) is 0 Å². The summed E-state index contributed by atoms with van der Waals surface area (Å²) in [5, 5.41) is 0. The molecule has 0 saturated carbocycles. The van der Waals surface area contributed by atoms with E-state index in [1.54, 1.807) is 0 Å². The SMILES string of the molecule is C.C=C(C)/C(C)=C\C(C)=C/C.CC.CC. The number of allylic oxidation sites excluding steroid dienone is 5. The average Bonchev–Trinajstić information content (AvgIpc) is 2.23. The Bertz CT molecular complexity index is 180. The van der Waals surface area contributed by atoms with Crippen LogP contribution < -0.4 is 0 Å². The highest BCUT2D eigenvalue weighted by atomic mass is 13.9. The Morgan fingerprint density at radius 2 is 1.27 bits per heavy atom. The molecule has 0 rings (SSSR count). The normalized spacial score (nSPS) is 9.87. The van der Waals surface area contributed by atoms with Crippen molar-refractivity contribution in [3.8, 4) is 0 Å². The molecular formula is C15H32. The van der Waals surface area contributed by atoms with Crippen molar-refractivity contribution < 1.29 is 0 Å². The van der Waals surface area contributed by atoms with Gasteiger partial charge >= 0.3 is 0 Å². The molecule has 0 aliphatic carbocycles. The Balaban J connectivity index is -0.000000107. The zero-order valence-corrected chi connectivity index (χ0v) is 11.4. The minimum Gasteiger partial charge on any atom is -0.0958 e. The maximum absolute atomic E-state index is 3.85. The van der Waals surface area contributed by atoms with Gasteiger partial charge in [-0.3, -0.25) is 0 Å². The Hall–Kier alpha value is -0.780. The van der Waals surface area contributed by atoms with Crippen LogP contribution in [0.3, 0.4) is 0 Å². The quantitative estimate of drug-likeness (QED) is 0.481. The summed E-state index contributed by atoms with van der Waals surface area (Å²) in [6, 6.07) is 0. The topological polar surface area (TPSA) is 0 Å². The maximum atomic E-state index is 3.85. The Labute approximate surface area is 98.8 Å². The van der Waals surface area contributed by atoms with Gasteiger partial charge in [-0.15, -0.1) is 0 Å². The summed E-state index contributed by atoms with van der Waals surface area (Å²) in [4.78, 5) is 0. The minimum absolute atomic E-state index is 0. The molecule has 0 heteroatoms. The third kappa shape index (κ3) is 19.6. The van der Waals surface area contributed by atoms with Crippen molar-refractivity contribution in [2.45, 2.75) is 62.8 Å². The summed E-state index contributed by atoms with van der Waals surface area (Å²) >= 11 is 0. The Kier molecular flexibility index (Phi) is 30.0. The van der Waals surface area contributed by atoms with Crippen LogP contribution in [0.4, 0.5) is 0 Å². The molecule has 0 aromatic carbocycles. The molecule has 0 saturated heterocycles. The monoisotopic (exact) mass is 212 g/mol. The van der Waals surface area contributed by atoms with E-state index >= 15 is 0 Å². The lowest BCUT2D eigenvalue weighted by molar-refractivity contribution is 1.33. The summed E-state index contributed by atoms with van der Waals surface area (Å²) in [6.07, 6.45) is 4.23. The Morgan fingerprint density at radius 1 is 0.933 bits per heavy atom. The lowest BCUT2D eigenvalue weighted by atomic mass is 10.1. The molecule has 0 radical (unpaired) electrons. The van der Waals surface area contributed by atoms with Gasteiger partial charge in [0.1, 0.15) is 0 Å². The minimum atomic E-state index is 0. The van der Waals surface area contributed by atoms with Gasteiger partial charge in [-0.05, 0) is 33.3 Å². The van der Waals surface area contributed by atoms with Gasteiger partial charge in [-0.2, -0.15) is 0 Å². The van der Waals surface area contributed by atoms with Gasteiger partial charge in [-0.25, -0.2) is 0 Å². The van der Waals surface area contributed by atoms with Crippen molar-refractivity contribution in [3.63, 3.8) is 0 Å². The smallest absolute Gasteiger partial charge is 0.0395 e. The molecule has 0 unspecified atom stereocenters. The first-order valence-corrected chi connectivity index (χ1v) is 5.55. The van der Waals surface area contributed by atoms with Crippen molar-refractivity contribution in [3.05, 3.63) is 35.5 Å². The lowest BCUT2D eigenvalue weighted by Gasteiger charge is -1.97. The van der Waals surface area contributed by atoms with Gasteiger partial charge in [0.05, 0.1) is 0 Å². The van der Waals surface area contributed by atoms with Crippen LogP contribution in [0.25, 0.3) is 0 Å². The van der Waals surface area contributed by atoms with Crippen LogP contribution in [0.1, 0.15) is 62.8 Å². The molecule has 0 aromatic heterocycles. The molecule has 0 aliphatic heterocycles. The second-order valence-corrected chi connectivity index (χ2v) is 2.64. The Morgan fingerprint density at radius 3 is 1.47 bits per heavy atom. The molecule has 0 amide bonds. The molecule has 0 nitrogen and oxygen atoms in total. The summed E-state index contributed by atoms with van der Waals surface area (Å²) < 4.78 is 0. The van der Waals surface area contributed by atoms with E-state index in [0.717, 1.165) is 5.57 Å². The summed E-state index contributed by atoms with van der Waals surface area (Å²) in [6.45, 7) is 20.1. The van der Waals surface area contributed by atoms with E-state index < -0.39 is 0 Å². The first-order chi connectivity index (χ1) is 6.57. The van der Waals surface area contributed by atoms with E-state index in [0.29, 0.717) is 0 Å². The highest BCUT2D eigenvalue weighted by Crippen LogP contribution is 2.08. The van der Waals surface area contributed by atoms with Gasteiger partial charge in [0.2, 0.25) is 0 Å². The summed E-state index contributed by atoms with van der Waals surface area (Å²) in [7, 11) is 0. The van der Waals surface area contributed by atoms with Gasteiger partial charge in [0.25, 0.3) is 0 Å². The standard InChI is InChI=1S/C10H16.2C2H6.CH4/c1-6-9(4)7-10(5)8(2)3;2*1-2;/h6-7H,2H2,1,3-5H3;2*1-2H3;1H4/b9-6-,10-7-;;;. The molecule has 0 atom stereocenters. The van der Waals surface area contributed by atoms with E-state index in [1.807, 2.05) is 41.5 Å². The molecule has 0 bridgehead atoms. The summed E-state index contributed by atoms with van der Waals surface area (Å²) in [5.74, 6) is 0. The van der Waals surface area contributed by atoms with Crippen molar-refractivity contribution in [2.24, 2.45) is 0 Å². The number of hydrogen-bond donors (Lipinski definition) is 0. The molecule has 15 heavy (non-hydrogen) atoms. The fraction of sp³-hybridized carbons (Fsp3) is 0.600. The van der Waals surface area contributed by atoms with Crippen LogP contribution in [0.2, 0.25) is 0 Å². The van der Waals surface area contributed by atoms with Crippen molar-refractivity contribution in [1.82, 2.24) is 0 Å². The molecule has 0 N–H and O–H groups in total. The van der Waals surface area contributed by atoms with E-state index in [-0.39, 0.29) is 7.43 Å². The fourth-order valence-corrected chi connectivity index (χ4v) is 0.548. The van der Waals surface area contributed by atoms with Gasteiger partial charge in [0, 0.05) is 0 Å². The first-order valence-electron chi connectivity index (χ1n) is 5.55. The predicted molar refractivity (Wildman–Crippen MR) is 77.4 cm³/mol.